The maximum Gasteiger partial charge on any atom is 0.0612 e. The Kier molecular flexibility index (Phi) is 4.95. The van der Waals surface area contributed by atoms with Crippen LogP contribution in [0.2, 0.25) is 0 Å². The van der Waals surface area contributed by atoms with Gasteiger partial charge in [-0.3, -0.25) is 0 Å². The van der Waals surface area contributed by atoms with Gasteiger partial charge in [-0.1, -0.05) is 0 Å². The molecule has 0 unspecified atom stereocenters. The molecular weight excluding hydrogens is 106 g/mol. The second-order valence-corrected chi connectivity index (χ2v) is 1.53. The molecule has 0 spiro atoms. The second-order valence-electron chi connectivity index (χ2n) is 1.53. The van der Waals surface area contributed by atoms with Crippen molar-refractivity contribution in [3.05, 3.63) is 0 Å². The molecule has 0 saturated carbocycles. The Morgan fingerprint density at radius 3 is 2.38 bits per heavy atom. The van der Waals surface area contributed by atoms with Gasteiger partial charge in [-0.15, -0.1) is 0 Å². The van der Waals surface area contributed by atoms with E-state index in [0.29, 0.717) is 6.61 Å². The van der Waals surface area contributed by atoms with Crippen LogP contribution in [0.25, 0.3) is 0 Å². The number of hydrogen-bond acceptors (Lipinski definition) is 3. The van der Waals surface area contributed by atoms with E-state index in [9.17, 15) is 0 Å². The van der Waals surface area contributed by atoms with Gasteiger partial charge in [-0.2, -0.15) is 5.06 Å². The maximum absolute atomic E-state index is 4.81. The first kappa shape index (κ1) is 7.88. The van der Waals surface area contributed by atoms with Gasteiger partial charge in [0.15, 0.2) is 0 Å². The molecule has 0 aliphatic heterocycles. The van der Waals surface area contributed by atoms with Crippen molar-refractivity contribution in [3.8, 4) is 0 Å². The van der Waals surface area contributed by atoms with E-state index in [0.717, 1.165) is 6.54 Å². The van der Waals surface area contributed by atoms with Gasteiger partial charge in [-0.25, -0.2) is 0 Å². The van der Waals surface area contributed by atoms with Crippen molar-refractivity contribution in [2.45, 2.75) is 0 Å². The van der Waals surface area contributed by atoms with Gasteiger partial charge in [0.2, 0.25) is 0 Å². The SMILES string of the molecule is COCCN(C)OC. The van der Waals surface area contributed by atoms with E-state index in [1.165, 1.54) is 0 Å². The lowest BCUT2D eigenvalue weighted by atomic mass is 10.7. The number of likely N-dealkylation sites (N-methyl/N-ethyl adjacent to an activating group) is 1. The lowest BCUT2D eigenvalue weighted by Crippen LogP contribution is -2.21. The predicted octanol–water partition coefficient (Wildman–Crippen LogP) is 0.126. The topological polar surface area (TPSA) is 21.7 Å². The molecule has 0 fully saturated rings. The van der Waals surface area contributed by atoms with Crippen LogP contribution in [0.15, 0.2) is 0 Å². The van der Waals surface area contributed by atoms with E-state index in [4.69, 9.17) is 9.57 Å². The number of hydrogen-bond donors (Lipinski definition) is 0. The molecule has 0 saturated heterocycles. The minimum Gasteiger partial charge on any atom is -0.383 e. The summed E-state index contributed by atoms with van der Waals surface area (Å²) in [6, 6.07) is 0. The number of hydroxylamine groups is 2. The molecule has 0 atom stereocenters. The lowest BCUT2D eigenvalue weighted by Gasteiger charge is -2.11. The summed E-state index contributed by atoms with van der Waals surface area (Å²) >= 11 is 0. The summed E-state index contributed by atoms with van der Waals surface area (Å²) in [4.78, 5) is 4.81. The van der Waals surface area contributed by atoms with Crippen LogP contribution in [0.4, 0.5) is 0 Å². The van der Waals surface area contributed by atoms with Crippen molar-refractivity contribution < 1.29 is 9.57 Å². The molecule has 0 amide bonds. The average Bonchev–Trinajstić information content (AvgIpc) is 1.83. The summed E-state index contributed by atoms with van der Waals surface area (Å²) in [5.41, 5.74) is 0. The summed E-state index contributed by atoms with van der Waals surface area (Å²) in [7, 11) is 5.16. The van der Waals surface area contributed by atoms with Crippen LogP contribution in [-0.2, 0) is 9.57 Å². The van der Waals surface area contributed by atoms with Gasteiger partial charge in [0, 0.05) is 20.7 Å². The zero-order valence-corrected chi connectivity index (χ0v) is 5.68. The highest BCUT2D eigenvalue weighted by atomic mass is 16.7. The van der Waals surface area contributed by atoms with Crippen molar-refractivity contribution in [1.82, 2.24) is 5.06 Å². The molecule has 0 aliphatic carbocycles. The Morgan fingerprint density at radius 2 is 2.00 bits per heavy atom. The first-order valence-electron chi connectivity index (χ1n) is 2.55. The molecule has 0 aromatic carbocycles. The quantitative estimate of drug-likeness (QED) is 0.491. The van der Waals surface area contributed by atoms with E-state index in [1.807, 2.05) is 7.05 Å². The van der Waals surface area contributed by atoms with Crippen LogP contribution in [0.1, 0.15) is 0 Å². The third kappa shape index (κ3) is 4.05. The molecule has 0 radical (unpaired) electrons. The molecule has 8 heavy (non-hydrogen) atoms. The molecule has 0 heterocycles. The summed E-state index contributed by atoms with van der Waals surface area (Å²) in [5, 5.41) is 1.71. The minimum atomic E-state index is 0.713. The highest BCUT2D eigenvalue weighted by Gasteiger charge is 1.90. The first-order chi connectivity index (χ1) is 3.81. The Morgan fingerprint density at radius 1 is 1.38 bits per heavy atom. The van der Waals surface area contributed by atoms with E-state index >= 15 is 0 Å². The van der Waals surface area contributed by atoms with Crippen LogP contribution in [-0.4, -0.2) is 39.5 Å². The van der Waals surface area contributed by atoms with Crippen LogP contribution in [0.5, 0.6) is 0 Å². The Balaban J connectivity index is 2.86. The van der Waals surface area contributed by atoms with E-state index < -0.39 is 0 Å². The maximum atomic E-state index is 4.81. The Labute approximate surface area is 50.1 Å². The molecule has 50 valence electrons. The van der Waals surface area contributed by atoms with Crippen molar-refractivity contribution in [2.75, 3.05) is 34.4 Å². The fourth-order valence-electron chi connectivity index (χ4n) is 0.311. The normalized spacial score (nSPS) is 10.5. The lowest BCUT2D eigenvalue weighted by molar-refractivity contribution is -0.117. The van der Waals surface area contributed by atoms with Crippen LogP contribution < -0.4 is 0 Å². The van der Waals surface area contributed by atoms with Gasteiger partial charge in [0.1, 0.15) is 0 Å². The molecule has 0 aromatic heterocycles. The molecule has 3 nitrogen and oxygen atoms in total. The van der Waals surface area contributed by atoms with Crippen molar-refractivity contribution in [3.63, 3.8) is 0 Å². The number of rotatable bonds is 4. The smallest absolute Gasteiger partial charge is 0.0612 e. The molecule has 0 aliphatic rings. The van der Waals surface area contributed by atoms with Crippen molar-refractivity contribution in [1.29, 1.82) is 0 Å². The number of nitrogens with zero attached hydrogens (tertiary/aromatic N) is 1. The van der Waals surface area contributed by atoms with Crippen molar-refractivity contribution >= 4 is 0 Å². The fraction of sp³-hybridized carbons (Fsp3) is 1.00. The summed E-state index contributed by atoms with van der Waals surface area (Å²) in [6.07, 6.45) is 0. The molecule has 0 N–H and O–H groups in total. The highest BCUT2D eigenvalue weighted by molar-refractivity contribution is 4.31. The monoisotopic (exact) mass is 119 g/mol. The average molecular weight is 119 g/mol. The van der Waals surface area contributed by atoms with Gasteiger partial charge in [0.25, 0.3) is 0 Å². The predicted molar refractivity (Wildman–Crippen MR) is 31.5 cm³/mol. The van der Waals surface area contributed by atoms with Gasteiger partial charge < -0.3 is 9.57 Å². The zero-order valence-electron chi connectivity index (χ0n) is 5.68. The molecule has 0 rings (SSSR count). The first-order valence-corrected chi connectivity index (χ1v) is 2.55. The summed E-state index contributed by atoms with van der Waals surface area (Å²) < 4.78 is 4.79. The third-order valence-electron chi connectivity index (χ3n) is 0.922. The van der Waals surface area contributed by atoms with Crippen molar-refractivity contribution in [2.24, 2.45) is 0 Å². The standard InChI is InChI=1S/C5H13NO2/c1-6(8-3)4-5-7-2/h4-5H2,1-3H3. The van der Waals surface area contributed by atoms with E-state index in [2.05, 4.69) is 0 Å². The van der Waals surface area contributed by atoms with Crippen LogP contribution >= 0.6 is 0 Å². The summed E-state index contributed by atoms with van der Waals surface area (Å²) in [5.74, 6) is 0. The van der Waals surface area contributed by atoms with Gasteiger partial charge in [0.05, 0.1) is 13.7 Å². The number of ether oxygens (including phenoxy) is 1. The molecule has 0 bridgehead atoms. The summed E-state index contributed by atoms with van der Waals surface area (Å²) in [6.45, 7) is 1.53. The Bertz CT molecular complexity index is 49.7. The van der Waals surface area contributed by atoms with Crippen LogP contribution in [0.3, 0.4) is 0 Å². The van der Waals surface area contributed by atoms with Gasteiger partial charge in [-0.05, 0) is 0 Å². The largest absolute Gasteiger partial charge is 0.383 e. The van der Waals surface area contributed by atoms with Crippen LogP contribution in [0, 0.1) is 0 Å². The molecular formula is C5H13NO2. The zero-order chi connectivity index (χ0) is 6.41. The Hall–Kier alpha value is -0.120. The fourth-order valence-corrected chi connectivity index (χ4v) is 0.311. The highest BCUT2D eigenvalue weighted by Crippen LogP contribution is 1.78. The van der Waals surface area contributed by atoms with E-state index in [1.54, 1.807) is 19.3 Å². The number of methoxy groups -OCH3 is 1. The second kappa shape index (κ2) is 5.03. The van der Waals surface area contributed by atoms with Gasteiger partial charge >= 0.3 is 0 Å². The molecule has 0 aromatic rings. The minimum absolute atomic E-state index is 0.713. The third-order valence-corrected chi connectivity index (χ3v) is 0.922. The molecule has 3 heteroatoms. The van der Waals surface area contributed by atoms with E-state index in [-0.39, 0.29) is 0 Å².